The minimum atomic E-state index is -0.0328. The number of aliphatic hydroxyl groups is 1. The first-order chi connectivity index (χ1) is 7.89. The highest BCUT2D eigenvalue weighted by Crippen LogP contribution is 2.70. The van der Waals surface area contributed by atoms with Gasteiger partial charge in [-0.2, -0.15) is 0 Å². The second-order valence-electron chi connectivity index (χ2n) is 8.30. The van der Waals surface area contributed by atoms with Gasteiger partial charge in [-0.05, 0) is 67.1 Å². The fourth-order valence-electron chi connectivity index (χ4n) is 6.49. The quantitative estimate of drug-likeness (QED) is 0.780. The van der Waals surface area contributed by atoms with Gasteiger partial charge in [0.15, 0.2) is 0 Å². The topological polar surface area (TPSA) is 20.2 Å². The van der Waals surface area contributed by atoms with E-state index in [0.717, 1.165) is 18.8 Å². The van der Waals surface area contributed by atoms with E-state index in [0.29, 0.717) is 16.2 Å². The molecule has 2 unspecified atom stereocenters. The van der Waals surface area contributed by atoms with Crippen LogP contribution < -0.4 is 0 Å². The molecule has 4 bridgehead atoms. The van der Waals surface area contributed by atoms with Gasteiger partial charge in [0.2, 0.25) is 0 Å². The van der Waals surface area contributed by atoms with Crippen LogP contribution in [-0.4, -0.2) is 11.2 Å². The maximum atomic E-state index is 10.6. The Morgan fingerprint density at radius 2 is 1.65 bits per heavy atom. The molecule has 1 N–H and O–H groups in total. The van der Waals surface area contributed by atoms with Gasteiger partial charge in [0.25, 0.3) is 0 Å². The van der Waals surface area contributed by atoms with E-state index in [-0.39, 0.29) is 6.10 Å². The van der Waals surface area contributed by atoms with Gasteiger partial charge in [-0.25, -0.2) is 0 Å². The Morgan fingerprint density at radius 3 is 2.12 bits per heavy atom. The molecule has 4 rings (SSSR count). The summed E-state index contributed by atoms with van der Waals surface area (Å²) in [5, 5.41) is 10.6. The Labute approximate surface area is 106 Å². The lowest BCUT2D eigenvalue weighted by molar-refractivity contribution is -0.186. The molecule has 0 heterocycles. The van der Waals surface area contributed by atoms with Crippen LogP contribution in [0.4, 0.5) is 0 Å². The molecule has 0 aromatic carbocycles. The van der Waals surface area contributed by atoms with Crippen LogP contribution in [0.1, 0.15) is 72.1 Å². The zero-order valence-corrected chi connectivity index (χ0v) is 11.8. The second kappa shape index (κ2) is 3.50. The molecule has 0 amide bonds. The summed E-state index contributed by atoms with van der Waals surface area (Å²) in [6, 6.07) is 0. The molecule has 0 radical (unpaired) electrons. The standard InChI is InChI=1S/C16H28O/c1-4-5-13(17)16-8-12-6-14(2,10-16)9-15(3,7-12)11-16/h12-13,17H,4-11H2,1-3H3/t12?,13-,14?,15?,16?/m0/s1. The van der Waals surface area contributed by atoms with Crippen molar-refractivity contribution < 1.29 is 5.11 Å². The second-order valence-corrected chi connectivity index (χ2v) is 8.30. The van der Waals surface area contributed by atoms with Crippen LogP contribution in [0, 0.1) is 22.2 Å². The summed E-state index contributed by atoms with van der Waals surface area (Å²) in [4.78, 5) is 0. The Balaban J connectivity index is 1.92. The van der Waals surface area contributed by atoms with Crippen molar-refractivity contribution in [2.45, 2.75) is 78.2 Å². The molecule has 0 aromatic heterocycles. The van der Waals surface area contributed by atoms with Gasteiger partial charge in [-0.15, -0.1) is 0 Å². The molecule has 4 fully saturated rings. The summed E-state index contributed by atoms with van der Waals surface area (Å²) in [6.45, 7) is 7.18. The Kier molecular flexibility index (Phi) is 2.47. The van der Waals surface area contributed by atoms with Gasteiger partial charge < -0.3 is 5.11 Å². The minimum Gasteiger partial charge on any atom is -0.393 e. The molecule has 4 aliphatic carbocycles. The van der Waals surface area contributed by atoms with Crippen molar-refractivity contribution >= 4 is 0 Å². The molecule has 1 nitrogen and oxygen atoms in total. The van der Waals surface area contributed by atoms with E-state index in [1.807, 2.05) is 0 Å². The summed E-state index contributed by atoms with van der Waals surface area (Å²) in [5.74, 6) is 0.910. The average molecular weight is 236 g/mol. The summed E-state index contributed by atoms with van der Waals surface area (Å²) < 4.78 is 0. The lowest BCUT2D eigenvalue weighted by atomic mass is 9.39. The van der Waals surface area contributed by atoms with Crippen LogP contribution >= 0.6 is 0 Å². The smallest absolute Gasteiger partial charge is 0.0596 e. The molecule has 3 atom stereocenters. The predicted octanol–water partition coefficient (Wildman–Crippen LogP) is 4.14. The third kappa shape index (κ3) is 1.77. The van der Waals surface area contributed by atoms with Crippen LogP contribution in [0.25, 0.3) is 0 Å². The van der Waals surface area contributed by atoms with Gasteiger partial charge in [0, 0.05) is 0 Å². The van der Waals surface area contributed by atoms with E-state index in [2.05, 4.69) is 20.8 Å². The molecule has 0 aromatic rings. The summed E-state index contributed by atoms with van der Waals surface area (Å²) >= 11 is 0. The van der Waals surface area contributed by atoms with Crippen LogP contribution in [0.2, 0.25) is 0 Å². The van der Waals surface area contributed by atoms with E-state index >= 15 is 0 Å². The maximum Gasteiger partial charge on any atom is 0.0596 e. The fraction of sp³-hybridized carbons (Fsp3) is 1.00. The predicted molar refractivity (Wildman–Crippen MR) is 70.8 cm³/mol. The van der Waals surface area contributed by atoms with Crippen LogP contribution in [0.3, 0.4) is 0 Å². The zero-order chi connectivity index (χ0) is 12.3. The molecule has 98 valence electrons. The lowest BCUT2D eigenvalue weighted by Gasteiger charge is -2.66. The summed E-state index contributed by atoms with van der Waals surface area (Å²) in [7, 11) is 0. The Bertz CT molecular complexity index is 303. The van der Waals surface area contributed by atoms with Crippen LogP contribution in [0.15, 0.2) is 0 Å². The number of hydrogen-bond acceptors (Lipinski definition) is 1. The zero-order valence-electron chi connectivity index (χ0n) is 11.8. The van der Waals surface area contributed by atoms with Gasteiger partial charge in [-0.3, -0.25) is 0 Å². The first-order valence-corrected chi connectivity index (χ1v) is 7.57. The Hall–Kier alpha value is -0.0400. The highest BCUT2D eigenvalue weighted by Gasteiger charge is 2.61. The largest absolute Gasteiger partial charge is 0.393 e. The average Bonchev–Trinajstić information content (AvgIpc) is 2.11. The van der Waals surface area contributed by atoms with Crippen molar-refractivity contribution in [3.05, 3.63) is 0 Å². The highest BCUT2D eigenvalue weighted by molar-refractivity contribution is 5.12. The van der Waals surface area contributed by atoms with Crippen LogP contribution in [-0.2, 0) is 0 Å². The molecule has 4 aliphatic rings. The molecule has 0 aliphatic heterocycles. The number of rotatable bonds is 3. The summed E-state index contributed by atoms with van der Waals surface area (Å²) in [6.07, 6.45) is 10.3. The lowest BCUT2D eigenvalue weighted by Crippen LogP contribution is -2.58. The van der Waals surface area contributed by atoms with Gasteiger partial charge in [0.05, 0.1) is 6.10 Å². The van der Waals surface area contributed by atoms with Crippen molar-refractivity contribution in [3.8, 4) is 0 Å². The van der Waals surface area contributed by atoms with Gasteiger partial charge in [0.1, 0.15) is 0 Å². The van der Waals surface area contributed by atoms with E-state index in [1.54, 1.807) is 0 Å². The SMILES string of the molecule is CCC[C@H](O)C12CC3CC(C)(CC(C)(C3)C1)C2. The number of aliphatic hydroxyl groups excluding tert-OH is 1. The molecule has 0 spiro atoms. The minimum absolute atomic E-state index is 0.0328. The van der Waals surface area contributed by atoms with E-state index in [4.69, 9.17) is 0 Å². The van der Waals surface area contributed by atoms with E-state index in [9.17, 15) is 5.11 Å². The van der Waals surface area contributed by atoms with Gasteiger partial charge >= 0.3 is 0 Å². The normalized spacial score (nSPS) is 54.0. The number of hydrogen-bond donors (Lipinski definition) is 1. The fourth-order valence-corrected chi connectivity index (χ4v) is 6.49. The van der Waals surface area contributed by atoms with Crippen molar-refractivity contribution in [3.63, 3.8) is 0 Å². The van der Waals surface area contributed by atoms with Crippen molar-refractivity contribution in [2.75, 3.05) is 0 Å². The Morgan fingerprint density at radius 1 is 1.06 bits per heavy atom. The molecule has 0 saturated heterocycles. The van der Waals surface area contributed by atoms with Gasteiger partial charge in [-0.1, -0.05) is 27.2 Å². The molecule has 17 heavy (non-hydrogen) atoms. The summed E-state index contributed by atoms with van der Waals surface area (Å²) in [5.41, 5.74) is 1.38. The van der Waals surface area contributed by atoms with Crippen molar-refractivity contribution in [1.82, 2.24) is 0 Å². The van der Waals surface area contributed by atoms with Crippen molar-refractivity contribution in [1.29, 1.82) is 0 Å². The highest BCUT2D eigenvalue weighted by atomic mass is 16.3. The maximum absolute atomic E-state index is 10.6. The first-order valence-electron chi connectivity index (χ1n) is 7.57. The van der Waals surface area contributed by atoms with Crippen molar-refractivity contribution in [2.24, 2.45) is 22.2 Å². The monoisotopic (exact) mass is 236 g/mol. The van der Waals surface area contributed by atoms with Crippen LogP contribution in [0.5, 0.6) is 0 Å². The molecule has 4 saturated carbocycles. The third-order valence-corrected chi connectivity index (χ3v) is 5.94. The molecular weight excluding hydrogens is 208 g/mol. The van der Waals surface area contributed by atoms with E-state index < -0.39 is 0 Å². The molecular formula is C16H28O. The first kappa shape index (κ1) is 12.0. The third-order valence-electron chi connectivity index (χ3n) is 5.94. The molecule has 1 heteroatoms. The van der Waals surface area contributed by atoms with E-state index in [1.165, 1.54) is 38.5 Å².